The molecule has 9 heteroatoms. The number of carbonyl (C=O) groups is 1. The second kappa shape index (κ2) is 9.68. The number of rotatable bonds is 8. The lowest BCUT2D eigenvalue weighted by atomic mass is 9.94. The van der Waals surface area contributed by atoms with Gasteiger partial charge < -0.3 is 10.1 Å². The summed E-state index contributed by atoms with van der Waals surface area (Å²) in [5.74, 6) is 2.55. The molecular formula is C20H31N3O4S2. The summed E-state index contributed by atoms with van der Waals surface area (Å²) in [5.41, 5.74) is 0.0191. The molecule has 1 heterocycles. The van der Waals surface area contributed by atoms with Crippen molar-refractivity contribution < 1.29 is 17.9 Å². The van der Waals surface area contributed by atoms with Gasteiger partial charge in [-0.1, -0.05) is 12.8 Å². The molecule has 2 aliphatic rings. The van der Waals surface area contributed by atoms with Gasteiger partial charge in [-0.25, -0.2) is 8.42 Å². The number of ether oxygens (including phenoxy) is 1. The maximum Gasteiger partial charge on any atom is 0.241 e. The van der Waals surface area contributed by atoms with Gasteiger partial charge >= 0.3 is 0 Å². The third kappa shape index (κ3) is 5.45. The molecule has 0 radical (unpaired) electrons. The first-order valence-corrected chi connectivity index (χ1v) is 12.8. The first-order chi connectivity index (χ1) is 13.9. The van der Waals surface area contributed by atoms with E-state index in [4.69, 9.17) is 4.74 Å². The Morgan fingerprint density at radius 1 is 1.21 bits per heavy atom. The van der Waals surface area contributed by atoms with Crippen molar-refractivity contribution in [3.8, 4) is 5.75 Å². The summed E-state index contributed by atoms with van der Waals surface area (Å²) in [6.07, 6.45) is 4.53. The number of hydrogen-bond donors (Lipinski definition) is 2. The van der Waals surface area contributed by atoms with Crippen molar-refractivity contribution in [3.63, 3.8) is 0 Å². The second-order valence-electron chi connectivity index (χ2n) is 7.77. The zero-order valence-corrected chi connectivity index (χ0v) is 18.8. The summed E-state index contributed by atoms with van der Waals surface area (Å²) in [7, 11) is -2.26. The summed E-state index contributed by atoms with van der Waals surface area (Å²) in [6, 6.07) is 5.25. The van der Waals surface area contributed by atoms with E-state index in [-0.39, 0.29) is 16.3 Å². The summed E-state index contributed by atoms with van der Waals surface area (Å²) in [5, 5.41) is 3.02. The van der Waals surface area contributed by atoms with Crippen LogP contribution < -0.4 is 14.8 Å². The Hall–Kier alpha value is -1.29. The third-order valence-electron chi connectivity index (χ3n) is 5.90. The molecule has 1 saturated carbocycles. The molecule has 1 aromatic carbocycles. The van der Waals surface area contributed by atoms with E-state index >= 15 is 0 Å². The Labute approximate surface area is 178 Å². The van der Waals surface area contributed by atoms with Gasteiger partial charge in [0.05, 0.1) is 18.0 Å². The van der Waals surface area contributed by atoms with Crippen molar-refractivity contribution in [2.45, 2.75) is 49.1 Å². The number of thioether (sulfide) groups is 1. The average Bonchev–Trinajstić information content (AvgIpc) is 3.22. The number of nitrogens with one attached hydrogen (secondary N) is 2. The van der Waals surface area contributed by atoms with E-state index in [1.165, 1.54) is 32.1 Å². The SMILES string of the molecule is COc1ccc(S(=O)(=O)N[C@@H](C)C(=O)NCC2(N3CCSCC3)CCCC2)cc1. The van der Waals surface area contributed by atoms with Gasteiger partial charge in [0.15, 0.2) is 0 Å². The van der Waals surface area contributed by atoms with Crippen LogP contribution in [0.3, 0.4) is 0 Å². The summed E-state index contributed by atoms with van der Waals surface area (Å²) >= 11 is 1.98. The number of methoxy groups -OCH3 is 1. The van der Waals surface area contributed by atoms with Crippen LogP contribution in [0.4, 0.5) is 0 Å². The van der Waals surface area contributed by atoms with Crippen molar-refractivity contribution in [2.24, 2.45) is 0 Å². The molecule has 1 atom stereocenters. The number of nitrogens with zero attached hydrogens (tertiary/aromatic N) is 1. The van der Waals surface area contributed by atoms with Crippen molar-refractivity contribution in [3.05, 3.63) is 24.3 Å². The monoisotopic (exact) mass is 441 g/mol. The third-order valence-corrected chi connectivity index (χ3v) is 8.40. The van der Waals surface area contributed by atoms with Crippen molar-refractivity contribution in [2.75, 3.05) is 38.2 Å². The molecule has 3 rings (SSSR count). The van der Waals surface area contributed by atoms with Crippen molar-refractivity contribution >= 4 is 27.7 Å². The maximum atomic E-state index is 12.7. The van der Waals surface area contributed by atoms with Crippen LogP contribution in [0.25, 0.3) is 0 Å². The fourth-order valence-electron chi connectivity index (χ4n) is 4.19. The van der Waals surface area contributed by atoms with Gasteiger partial charge in [-0.15, -0.1) is 0 Å². The van der Waals surface area contributed by atoms with Crippen LogP contribution in [-0.2, 0) is 14.8 Å². The van der Waals surface area contributed by atoms with Crippen molar-refractivity contribution in [1.82, 2.24) is 14.9 Å². The minimum Gasteiger partial charge on any atom is -0.497 e. The van der Waals surface area contributed by atoms with Gasteiger partial charge in [0, 0.05) is 36.7 Å². The Morgan fingerprint density at radius 3 is 2.41 bits per heavy atom. The molecule has 1 amide bonds. The first-order valence-electron chi connectivity index (χ1n) is 10.1. The van der Waals surface area contributed by atoms with E-state index in [1.807, 2.05) is 11.8 Å². The maximum absolute atomic E-state index is 12.7. The van der Waals surface area contributed by atoms with Crippen LogP contribution in [0.5, 0.6) is 5.75 Å². The molecule has 0 bridgehead atoms. The molecule has 29 heavy (non-hydrogen) atoms. The van der Waals surface area contributed by atoms with Gasteiger partial charge in [-0.2, -0.15) is 16.5 Å². The molecule has 0 unspecified atom stereocenters. The molecule has 0 aromatic heterocycles. The van der Waals surface area contributed by atoms with Crippen molar-refractivity contribution in [1.29, 1.82) is 0 Å². The van der Waals surface area contributed by atoms with Crippen LogP contribution in [-0.4, -0.2) is 69.1 Å². The van der Waals surface area contributed by atoms with Crippen LogP contribution >= 0.6 is 11.8 Å². The highest BCUT2D eigenvalue weighted by Crippen LogP contribution is 2.36. The normalized spacial score (nSPS) is 20.9. The standard InChI is InChI=1S/C20H31N3O4S2/c1-16(22-29(25,26)18-7-5-17(27-2)6-8-18)19(24)21-15-20(9-3-4-10-20)23-11-13-28-14-12-23/h5-8,16,22H,3-4,9-15H2,1-2H3,(H,21,24)/t16-/m0/s1. The summed E-state index contributed by atoms with van der Waals surface area (Å²) in [4.78, 5) is 15.3. The van der Waals surface area contributed by atoms with Crippen LogP contribution in [0, 0.1) is 0 Å². The quantitative estimate of drug-likeness (QED) is 0.640. The molecule has 0 spiro atoms. The molecule has 2 fully saturated rings. The zero-order chi connectivity index (χ0) is 20.9. The smallest absolute Gasteiger partial charge is 0.241 e. The number of sulfonamides is 1. The van der Waals surface area contributed by atoms with Crippen LogP contribution in [0.2, 0.25) is 0 Å². The highest BCUT2D eigenvalue weighted by molar-refractivity contribution is 7.99. The average molecular weight is 442 g/mol. The first kappa shape index (κ1) is 22.4. The number of carbonyl (C=O) groups excluding carboxylic acids is 1. The lowest BCUT2D eigenvalue weighted by Gasteiger charge is -2.43. The van der Waals surface area contributed by atoms with E-state index in [0.717, 1.165) is 37.4 Å². The lowest BCUT2D eigenvalue weighted by molar-refractivity contribution is -0.123. The Kier molecular flexibility index (Phi) is 7.47. The van der Waals surface area contributed by atoms with E-state index in [2.05, 4.69) is 14.9 Å². The molecule has 1 aliphatic heterocycles. The highest BCUT2D eigenvalue weighted by atomic mass is 32.2. The molecule has 1 aromatic rings. The fourth-order valence-corrected chi connectivity index (χ4v) is 6.30. The Balaban J connectivity index is 1.59. The zero-order valence-electron chi connectivity index (χ0n) is 17.1. The van der Waals surface area contributed by atoms with E-state index < -0.39 is 16.1 Å². The minimum absolute atomic E-state index is 0.0191. The fraction of sp³-hybridized carbons (Fsp3) is 0.650. The molecule has 7 nitrogen and oxygen atoms in total. The van der Waals surface area contributed by atoms with E-state index in [1.54, 1.807) is 19.1 Å². The van der Waals surface area contributed by atoms with Gasteiger partial charge in [0.25, 0.3) is 0 Å². The van der Waals surface area contributed by atoms with E-state index in [0.29, 0.717) is 12.3 Å². The molecular weight excluding hydrogens is 410 g/mol. The van der Waals surface area contributed by atoms with Gasteiger partial charge in [0.2, 0.25) is 15.9 Å². The van der Waals surface area contributed by atoms with Crippen LogP contribution in [0.1, 0.15) is 32.6 Å². The van der Waals surface area contributed by atoms with Gasteiger partial charge in [-0.05, 0) is 44.0 Å². The lowest BCUT2D eigenvalue weighted by Crippen LogP contribution is -2.58. The highest BCUT2D eigenvalue weighted by Gasteiger charge is 2.40. The van der Waals surface area contributed by atoms with Gasteiger partial charge in [-0.3, -0.25) is 9.69 Å². The predicted octanol–water partition coefficient (Wildman–Crippen LogP) is 1.84. The number of benzene rings is 1. The predicted molar refractivity (Wildman–Crippen MR) is 116 cm³/mol. The molecule has 162 valence electrons. The summed E-state index contributed by atoms with van der Waals surface area (Å²) < 4.78 is 32.7. The Morgan fingerprint density at radius 2 is 1.83 bits per heavy atom. The molecule has 2 N–H and O–H groups in total. The second-order valence-corrected chi connectivity index (χ2v) is 10.7. The van der Waals surface area contributed by atoms with Crippen LogP contribution in [0.15, 0.2) is 29.2 Å². The molecule has 1 saturated heterocycles. The Bertz CT molecular complexity index is 786. The summed E-state index contributed by atoms with van der Waals surface area (Å²) in [6.45, 7) is 4.26. The van der Waals surface area contributed by atoms with E-state index in [9.17, 15) is 13.2 Å². The minimum atomic E-state index is -3.78. The number of hydrogen-bond acceptors (Lipinski definition) is 6. The number of amides is 1. The largest absolute Gasteiger partial charge is 0.497 e. The van der Waals surface area contributed by atoms with Gasteiger partial charge in [0.1, 0.15) is 5.75 Å². The molecule has 1 aliphatic carbocycles. The topological polar surface area (TPSA) is 87.7 Å².